The van der Waals surface area contributed by atoms with E-state index < -0.39 is 5.82 Å². The standard InChI is InChI=1S/C24H24FN3O4S/c1-15(29)16-4-6-20(18(25)12-16)27-8-10-28(11-9-27)24(30)19-14-33-23(26-19)17-5-7-21(31-2)22(13-17)32-3/h4-7,12-14H,8-11H2,1-3H3. The number of anilines is 1. The highest BCUT2D eigenvalue weighted by Gasteiger charge is 2.25. The first-order chi connectivity index (χ1) is 15.9. The van der Waals surface area contributed by atoms with Crippen LogP contribution in [0.2, 0.25) is 0 Å². The van der Waals surface area contributed by atoms with E-state index in [9.17, 15) is 14.0 Å². The van der Waals surface area contributed by atoms with E-state index in [1.807, 2.05) is 17.0 Å². The molecule has 2 aromatic carbocycles. The van der Waals surface area contributed by atoms with E-state index in [-0.39, 0.29) is 11.7 Å². The number of piperazine rings is 1. The summed E-state index contributed by atoms with van der Waals surface area (Å²) in [4.78, 5) is 32.6. The number of hydrogen-bond acceptors (Lipinski definition) is 7. The summed E-state index contributed by atoms with van der Waals surface area (Å²) in [6.45, 7) is 3.31. The van der Waals surface area contributed by atoms with Crippen LogP contribution in [-0.4, -0.2) is 62.0 Å². The summed E-state index contributed by atoms with van der Waals surface area (Å²) in [5.41, 5.74) is 2.01. The molecular weight excluding hydrogens is 445 g/mol. The number of Topliss-reactive ketones (excluding diaryl/α,β-unsaturated/α-hetero) is 1. The molecular formula is C24H24FN3O4S. The van der Waals surface area contributed by atoms with Crippen molar-refractivity contribution < 1.29 is 23.5 Å². The Morgan fingerprint density at radius 2 is 1.73 bits per heavy atom. The lowest BCUT2D eigenvalue weighted by Gasteiger charge is -2.36. The van der Waals surface area contributed by atoms with E-state index in [1.54, 1.807) is 42.7 Å². The molecule has 0 unspecified atom stereocenters. The van der Waals surface area contributed by atoms with Gasteiger partial charge in [0.15, 0.2) is 17.3 Å². The fourth-order valence-electron chi connectivity index (χ4n) is 3.77. The predicted molar refractivity (Wildman–Crippen MR) is 125 cm³/mol. The number of methoxy groups -OCH3 is 2. The second-order valence-electron chi connectivity index (χ2n) is 7.61. The second-order valence-corrected chi connectivity index (χ2v) is 8.47. The van der Waals surface area contributed by atoms with Crippen molar-refractivity contribution in [2.75, 3.05) is 45.3 Å². The minimum Gasteiger partial charge on any atom is -0.493 e. The lowest BCUT2D eigenvalue weighted by molar-refractivity contribution is 0.0741. The molecule has 0 aliphatic carbocycles. The molecule has 0 atom stereocenters. The van der Waals surface area contributed by atoms with Crippen LogP contribution in [0.4, 0.5) is 10.1 Å². The van der Waals surface area contributed by atoms with E-state index in [0.717, 1.165) is 5.56 Å². The maximum Gasteiger partial charge on any atom is 0.273 e. The molecule has 9 heteroatoms. The van der Waals surface area contributed by atoms with Gasteiger partial charge in [0.2, 0.25) is 0 Å². The van der Waals surface area contributed by atoms with Crippen LogP contribution in [-0.2, 0) is 0 Å². The molecule has 0 spiro atoms. The Hall–Kier alpha value is -3.46. The van der Waals surface area contributed by atoms with Gasteiger partial charge >= 0.3 is 0 Å². The summed E-state index contributed by atoms with van der Waals surface area (Å²) in [5.74, 6) is 0.468. The summed E-state index contributed by atoms with van der Waals surface area (Å²) in [5, 5.41) is 2.46. The maximum absolute atomic E-state index is 14.5. The van der Waals surface area contributed by atoms with Gasteiger partial charge in [-0.1, -0.05) is 0 Å². The third kappa shape index (κ3) is 4.68. The number of ketones is 1. The largest absolute Gasteiger partial charge is 0.493 e. The van der Waals surface area contributed by atoms with Crippen LogP contribution >= 0.6 is 11.3 Å². The highest BCUT2D eigenvalue weighted by molar-refractivity contribution is 7.13. The van der Waals surface area contributed by atoms with Gasteiger partial charge in [0, 0.05) is 42.7 Å². The molecule has 0 N–H and O–H groups in total. The number of thiazole rings is 1. The van der Waals surface area contributed by atoms with Crippen molar-refractivity contribution >= 4 is 28.7 Å². The Labute approximate surface area is 195 Å². The first kappa shape index (κ1) is 22.7. The number of amides is 1. The molecule has 1 aromatic heterocycles. The molecule has 172 valence electrons. The van der Waals surface area contributed by atoms with Crippen LogP contribution in [0.1, 0.15) is 27.8 Å². The minimum absolute atomic E-state index is 0.148. The molecule has 4 rings (SSSR count). The SMILES string of the molecule is COc1ccc(-c2nc(C(=O)N3CCN(c4ccc(C(C)=O)cc4F)CC3)cs2)cc1OC. The monoisotopic (exact) mass is 469 g/mol. The number of nitrogens with zero attached hydrogens (tertiary/aromatic N) is 3. The van der Waals surface area contributed by atoms with Crippen molar-refractivity contribution in [2.24, 2.45) is 0 Å². The smallest absolute Gasteiger partial charge is 0.273 e. The van der Waals surface area contributed by atoms with Gasteiger partial charge in [-0.05, 0) is 43.3 Å². The quantitative estimate of drug-likeness (QED) is 0.506. The third-order valence-electron chi connectivity index (χ3n) is 5.62. The average molecular weight is 470 g/mol. The minimum atomic E-state index is -0.429. The molecule has 3 aromatic rings. The zero-order chi connectivity index (χ0) is 23.5. The maximum atomic E-state index is 14.5. The van der Waals surface area contributed by atoms with Gasteiger partial charge in [-0.25, -0.2) is 9.37 Å². The first-order valence-electron chi connectivity index (χ1n) is 10.4. The van der Waals surface area contributed by atoms with Crippen molar-refractivity contribution in [3.8, 4) is 22.1 Å². The second kappa shape index (κ2) is 9.58. The Morgan fingerprint density at radius 1 is 1.00 bits per heavy atom. The van der Waals surface area contributed by atoms with Gasteiger partial charge < -0.3 is 19.3 Å². The number of carbonyl (C=O) groups excluding carboxylic acids is 2. The first-order valence-corrected chi connectivity index (χ1v) is 11.3. The molecule has 0 saturated carbocycles. The van der Waals surface area contributed by atoms with Crippen LogP contribution in [0.25, 0.3) is 10.6 Å². The molecule has 0 bridgehead atoms. The highest BCUT2D eigenvalue weighted by Crippen LogP contribution is 2.33. The van der Waals surface area contributed by atoms with Crippen LogP contribution in [0, 0.1) is 5.82 Å². The lowest BCUT2D eigenvalue weighted by Crippen LogP contribution is -2.49. The Balaban J connectivity index is 1.43. The van der Waals surface area contributed by atoms with E-state index in [4.69, 9.17) is 9.47 Å². The number of rotatable bonds is 6. The number of halogens is 1. The van der Waals surface area contributed by atoms with Gasteiger partial charge in [-0.3, -0.25) is 9.59 Å². The molecule has 0 radical (unpaired) electrons. The van der Waals surface area contributed by atoms with Crippen LogP contribution in [0.15, 0.2) is 41.8 Å². The zero-order valence-electron chi connectivity index (χ0n) is 18.6. The van der Waals surface area contributed by atoms with Gasteiger partial charge in [0.1, 0.15) is 16.5 Å². The normalized spacial score (nSPS) is 13.7. The zero-order valence-corrected chi connectivity index (χ0v) is 19.4. The number of hydrogen-bond donors (Lipinski definition) is 0. The van der Waals surface area contributed by atoms with Gasteiger partial charge in [-0.15, -0.1) is 11.3 Å². The molecule has 1 aliphatic heterocycles. The van der Waals surface area contributed by atoms with Gasteiger partial charge in [-0.2, -0.15) is 0 Å². The molecule has 1 aliphatic rings. The van der Waals surface area contributed by atoms with Crippen LogP contribution in [0.3, 0.4) is 0 Å². The fraction of sp³-hybridized carbons (Fsp3) is 0.292. The Morgan fingerprint density at radius 3 is 2.36 bits per heavy atom. The summed E-state index contributed by atoms with van der Waals surface area (Å²) in [7, 11) is 3.15. The van der Waals surface area contributed by atoms with Crippen molar-refractivity contribution in [1.82, 2.24) is 9.88 Å². The molecule has 1 amide bonds. The van der Waals surface area contributed by atoms with E-state index in [0.29, 0.717) is 59.6 Å². The lowest BCUT2D eigenvalue weighted by atomic mass is 10.1. The number of aromatic nitrogens is 1. The van der Waals surface area contributed by atoms with Gasteiger partial charge in [0.05, 0.1) is 19.9 Å². The van der Waals surface area contributed by atoms with Crippen LogP contribution in [0.5, 0.6) is 11.5 Å². The van der Waals surface area contributed by atoms with E-state index in [1.165, 1.54) is 24.3 Å². The molecule has 1 saturated heterocycles. The predicted octanol–water partition coefficient (Wildman–Crippen LogP) is 4.13. The number of ether oxygens (including phenoxy) is 2. The molecule has 1 fully saturated rings. The molecule has 7 nitrogen and oxygen atoms in total. The topological polar surface area (TPSA) is 72.0 Å². The van der Waals surface area contributed by atoms with Crippen molar-refractivity contribution in [3.63, 3.8) is 0 Å². The summed E-state index contributed by atoms with van der Waals surface area (Å²) < 4.78 is 25.1. The fourth-order valence-corrected chi connectivity index (χ4v) is 4.56. The van der Waals surface area contributed by atoms with Crippen molar-refractivity contribution in [2.45, 2.75) is 6.92 Å². The van der Waals surface area contributed by atoms with Crippen molar-refractivity contribution in [3.05, 3.63) is 58.9 Å². The van der Waals surface area contributed by atoms with Crippen LogP contribution < -0.4 is 14.4 Å². The van der Waals surface area contributed by atoms with Gasteiger partial charge in [0.25, 0.3) is 5.91 Å². The summed E-state index contributed by atoms with van der Waals surface area (Å²) >= 11 is 1.39. The Kier molecular flexibility index (Phi) is 6.60. The number of carbonyl (C=O) groups is 2. The van der Waals surface area contributed by atoms with Crippen molar-refractivity contribution in [1.29, 1.82) is 0 Å². The molecule has 33 heavy (non-hydrogen) atoms. The number of benzene rings is 2. The highest BCUT2D eigenvalue weighted by atomic mass is 32.1. The van der Waals surface area contributed by atoms with E-state index >= 15 is 0 Å². The third-order valence-corrected chi connectivity index (χ3v) is 6.51. The van der Waals surface area contributed by atoms with E-state index in [2.05, 4.69) is 4.98 Å². The average Bonchev–Trinajstić information content (AvgIpc) is 3.33. The summed E-state index contributed by atoms with van der Waals surface area (Å²) in [6, 6.07) is 10.0. The Bertz CT molecular complexity index is 1190. The summed E-state index contributed by atoms with van der Waals surface area (Å²) in [6.07, 6.45) is 0. The molecule has 2 heterocycles.